The van der Waals surface area contributed by atoms with Crippen LogP contribution in [0.3, 0.4) is 0 Å². The number of rotatable bonds is 4. The summed E-state index contributed by atoms with van der Waals surface area (Å²) in [6.07, 6.45) is 0.294. The number of nitro benzene ring substituents is 1. The van der Waals surface area contributed by atoms with E-state index in [1.807, 2.05) is 0 Å². The molecule has 19 heavy (non-hydrogen) atoms. The van der Waals surface area contributed by atoms with Gasteiger partial charge in [-0.25, -0.2) is 4.39 Å². The predicted octanol–water partition coefficient (Wildman–Crippen LogP) is 1.42. The first kappa shape index (κ1) is 13.0. The van der Waals surface area contributed by atoms with Crippen LogP contribution in [0.5, 0.6) is 0 Å². The van der Waals surface area contributed by atoms with E-state index in [0.717, 1.165) is 6.07 Å². The van der Waals surface area contributed by atoms with Gasteiger partial charge in [-0.3, -0.25) is 10.1 Å². The highest BCUT2D eigenvalue weighted by atomic mass is 19.1. The first-order valence-corrected chi connectivity index (χ1v) is 5.19. The lowest BCUT2D eigenvalue weighted by Gasteiger charge is -1.99. The SMILES string of the molecule is NCCc1noc(-c2cc(F)cc([N+](=O)[O-])c2F)n1. The number of nitrogens with two attached hydrogens (primary N) is 1. The average Bonchev–Trinajstić information content (AvgIpc) is 2.80. The largest absolute Gasteiger partial charge is 0.334 e. The third-order valence-electron chi connectivity index (χ3n) is 2.28. The molecule has 1 heterocycles. The zero-order chi connectivity index (χ0) is 14.0. The van der Waals surface area contributed by atoms with Gasteiger partial charge in [0.2, 0.25) is 5.82 Å². The van der Waals surface area contributed by atoms with E-state index in [0.29, 0.717) is 12.5 Å². The minimum atomic E-state index is -1.23. The third kappa shape index (κ3) is 2.55. The molecule has 1 aromatic carbocycles. The van der Waals surface area contributed by atoms with Crippen LogP contribution < -0.4 is 5.73 Å². The number of nitro groups is 1. The summed E-state index contributed by atoms with van der Waals surface area (Å²) in [6.45, 7) is 0.255. The zero-order valence-corrected chi connectivity index (χ0v) is 9.47. The molecule has 9 heteroatoms. The molecular weight excluding hydrogens is 262 g/mol. The van der Waals surface area contributed by atoms with Gasteiger partial charge in [-0.1, -0.05) is 5.16 Å². The van der Waals surface area contributed by atoms with Crippen LogP contribution in [0.1, 0.15) is 5.82 Å². The fourth-order valence-corrected chi connectivity index (χ4v) is 1.46. The summed E-state index contributed by atoms with van der Waals surface area (Å²) < 4.78 is 31.8. The van der Waals surface area contributed by atoms with E-state index in [1.165, 1.54) is 0 Å². The van der Waals surface area contributed by atoms with Crippen molar-refractivity contribution in [3.63, 3.8) is 0 Å². The van der Waals surface area contributed by atoms with E-state index in [4.69, 9.17) is 10.3 Å². The second-order valence-electron chi connectivity index (χ2n) is 3.60. The van der Waals surface area contributed by atoms with Crippen LogP contribution in [0, 0.1) is 21.7 Å². The predicted molar refractivity (Wildman–Crippen MR) is 59.1 cm³/mol. The van der Waals surface area contributed by atoms with Gasteiger partial charge in [-0.2, -0.15) is 9.37 Å². The first-order chi connectivity index (χ1) is 9.02. The standard InChI is InChI=1S/C10H8F2N4O3/c11-5-3-6(9(12)7(4-5)16(17)18)10-14-8(1-2-13)15-19-10/h3-4H,1-2,13H2. The summed E-state index contributed by atoms with van der Waals surface area (Å²) in [7, 11) is 0. The summed E-state index contributed by atoms with van der Waals surface area (Å²) >= 11 is 0. The highest BCUT2D eigenvalue weighted by Gasteiger charge is 2.24. The normalized spacial score (nSPS) is 10.7. The van der Waals surface area contributed by atoms with Crippen LogP contribution in [0.25, 0.3) is 11.5 Å². The molecule has 0 amide bonds. The Kier molecular flexibility index (Phi) is 3.47. The first-order valence-electron chi connectivity index (χ1n) is 5.19. The second-order valence-corrected chi connectivity index (χ2v) is 3.60. The Morgan fingerprint density at radius 1 is 1.42 bits per heavy atom. The summed E-state index contributed by atoms with van der Waals surface area (Å²) in [6, 6.07) is 1.23. The summed E-state index contributed by atoms with van der Waals surface area (Å²) in [5.74, 6) is -2.32. The fourth-order valence-electron chi connectivity index (χ4n) is 1.46. The van der Waals surface area contributed by atoms with Crippen LogP contribution in [-0.2, 0) is 6.42 Å². The zero-order valence-electron chi connectivity index (χ0n) is 9.47. The molecule has 100 valence electrons. The lowest BCUT2D eigenvalue weighted by atomic mass is 10.1. The maximum atomic E-state index is 13.8. The Morgan fingerprint density at radius 2 is 2.16 bits per heavy atom. The van der Waals surface area contributed by atoms with Crippen molar-refractivity contribution >= 4 is 5.69 Å². The molecule has 0 atom stereocenters. The van der Waals surface area contributed by atoms with Gasteiger partial charge in [-0.05, 0) is 12.6 Å². The molecule has 0 aliphatic heterocycles. The molecule has 0 saturated carbocycles. The van der Waals surface area contributed by atoms with Crippen molar-refractivity contribution in [3.05, 3.63) is 39.7 Å². The van der Waals surface area contributed by atoms with Crippen LogP contribution >= 0.6 is 0 Å². The van der Waals surface area contributed by atoms with Crippen LogP contribution in [-0.4, -0.2) is 21.6 Å². The maximum absolute atomic E-state index is 13.8. The van der Waals surface area contributed by atoms with Crippen LogP contribution in [0.2, 0.25) is 0 Å². The molecule has 0 bridgehead atoms. The average molecular weight is 270 g/mol. The lowest BCUT2D eigenvalue weighted by molar-refractivity contribution is -0.387. The number of benzene rings is 1. The van der Waals surface area contributed by atoms with Crippen LogP contribution in [0.4, 0.5) is 14.5 Å². The van der Waals surface area contributed by atoms with E-state index in [-0.39, 0.29) is 18.3 Å². The third-order valence-corrected chi connectivity index (χ3v) is 2.28. The molecule has 0 radical (unpaired) electrons. The van der Waals surface area contributed by atoms with Gasteiger partial charge >= 0.3 is 5.69 Å². The molecule has 7 nitrogen and oxygen atoms in total. The van der Waals surface area contributed by atoms with Gasteiger partial charge in [0.15, 0.2) is 5.82 Å². The number of nitrogens with zero attached hydrogens (tertiary/aromatic N) is 3. The molecule has 1 aromatic heterocycles. The minimum absolute atomic E-state index is 0.212. The van der Waals surface area contributed by atoms with Gasteiger partial charge in [0, 0.05) is 6.42 Å². The van der Waals surface area contributed by atoms with Gasteiger partial charge in [0.25, 0.3) is 5.89 Å². The molecule has 0 spiro atoms. The summed E-state index contributed by atoms with van der Waals surface area (Å²) in [5, 5.41) is 14.1. The smallest absolute Gasteiger partial charge is 0.308 e. The Morgan fingerprint density at radius 3 is 2.79 bits per heavy atom. The Bertz CT molecular complexity index is 629. The Labute approximate surface area is 105 Å². The number of hydrogen-bond acceptors (Lipinski definition) is 6. The molecule has 2 N–H and O–H groups in total. The van der Waals surface area contributed by atoms with Crippen molar-refractivity contribution < 1.29 is 18.2 Å². The van der Waals surface area contributed by atoms with Crippen molar-refractivity contribution in [2.24, 2.45) is 5.73 Å². The van der Waals surface area contributed by atoms with E-state index in [2.05, 4.69) is 10.1 Å². The molecule has 0 fully saturated rings. The van der Waals surface area contributed by atoms with E-state index in [9.17, 15) is 18.9 Å². The lowest BCUT2D eigenvalue weighted by Crippen LogP contribution is -2.03. The summed E-state index contributed by atoms with van der Waals surface area (Å²) in [5.41, 5.74) is 3.83. The van der Waals surface area contributed by atoms with Crippen molar-refractivity contribution in [1.82, 2.24) is 10.1 Å². The minimum Gasteiger partial charge on any atom is -0.334 e. The molecule has 0 saturated heterocycles. The molecule has 0 aliphatic carbocycles. The molecule has 2 rings (SSSR count). The maximum Gasteiger partial charge on any atom is 0.308 e. The number of hydrogen-bond donors (Lipinski definition) is 1. The molecule has 0 aliphatic rings. The van der Waals surface area contributed by atoms with Gasteiger partial charge < -0.3 is 10.3 Å². The van der Waals surface area contributed by atoms with Crippen molar-refractivity contribution in [2.45, 2.75) is 6.42 Å². The van der Waals surface area contributed by atoms with Gasteiger partial charge in [0.05, 0.1) is 16.6 Å². The number of halogens is 2. The fraction of sp³-hybridized carbons (Fsp3) is 0.200. The highest BCUT2D eigenvalue weighted by molar-refractivity contribution is 5.59. The highest BCUT2D eigenvalue weighted by Crippen LogP contribution is 2.29. The van der Waals surface area contributed by atoms with Crippen LogP contribution in [0.15, 0.2) is 16.7 Å². The summed E-state index contributed by atoms with van der Waals surface area (Å²) in [4.78, 5) is 13.3. The van der Waals surface area contributed by atoms with Crippen molar-refractivity contribution in [3.8, 4) is 11.5 Å². The molecular formula is C10H8F2N4O3. The van der Waals surface area contributed by atoms with Crippen molar-refractivity contribution in [1.29, 1.82) is 0 Å². The quantitative estimate of drug-likeness (QED) is 0.664. The number of aromatic nitrogens is 2. The monoisotopic (exact) mass is 270 g/mol. The van der Waals surface area contributed by atoms with E-state index < -0.39 is 27.8 Å². The Balaban J connectivity index is 2.51. The Hall–Kier alpha value is -2.42. The molecule has 2 aromatic rings. The van der Waals surface area contributed by atoms with E-state index >= 15 is 0 Å². The topological polar surface area (TPSA) is 108 Å². The van der Waals surface area contributed by atoms with Crippen molar-refractivity contribution in [2.75, 3.05) is 6.54 Å². The second kappa shape index (κ2) is 5.06. The van der Waals surface area contributed by atoms with E-state index in [1.54, 1.807) is 0 Å². The van der Waals surface area contributed by atoms with Gasteiger partial charge in [0.1, 0.15) is 5.82 Å². The molecule has 0 unspecified atom stereocenters. The van der Waals surface area contributed by atoms with Gasteiger partial charge in [-0.15, -0.1) is 0 Å².